The fraction of sp³-hybridized carbons (Fsp3) is 0.286. The second-order valence-corrected chi connectivity index (χ2v) is 4.81. The number of nitrogens with zero attached hydrogens (tertiary/aromatic N) is 2. The van der Waals surface area contributed by atoms with Crippen molar-refractivity contribution in [2.24, 2.45) is 0 Å². The number of rotatable bonds is 1. The number of hydrogen-bond acceptors (Lipinski definition) is 1. The molecule has 0 atom stereocenters. The van der Waals surface area contributed by atoms with Crippen molar-refractivity contribution in [1.82, 2.24) is 0 Å². The van der Waals surface area contributed by atoms with Crippen molar-refractivity contribution in [3.63, 3.8) is 0 Å². The molecule has 0 N–H and O–H groups in total. The van der Waals surface area contributed by atoms with E-state index in [2.05, 4.69) is 4.79 Å². The topological polar surface area (TPSA) is 45.6 Å². The van der Waals surface area contributed by atoms with E-state index in [0.717, 1.165) is 5.76 Å². The fourth-order valence-corrected chi connectivity index (χ4v) is 0.745. The second kappa shape index (κ2) is 4.16. The van der Waals surface area contributed by atoms with Crippen LogP contribution in [0.1, 0.15) is 7.85 Å². The first-order valence-electron chi connectivity index (χ1n) is 4.01. The minimum atomic E-state index is -10.7. The summed E-state index contributed by atoms with van der Waals surface area (Å²) < 4.78 is 64.1. The van der Waals surface area contributed by atoms with Crippen LogP contribution in [0, 0.1) is 0 Å². The predicted molar refractivity (Wildman–Crippen MR) is 52.2 cm³/mol. The first-order chi connectivity index (χ1) is 7.31. The Morgan fingerprint density at radius 2 is 1.71 bits per heavy atom. The number of methoxy groups -OCH3 is 1. The maximum atomic E-state index is 9.87. The van der Waals surface area contributed by atoms with E-state index in [1.165, 1.54) is 0 Å². The predicted octanol–water partition coefficient (Wildman–Crippen LogP) is 4.64. The van der Waals surface area contributed by atoms with Crippen LogP contribution in [-0.2, 0) is 4.74 Å². The summed E-state index contributed by atoms with van der Waals surface area (Å²) >= 11 is 0. The minimum absolute atomic E-state index is 0. The second-order valence-electron chi connectivity index (χ2n) is 2.90. The normalized spacial score (nSPS) is 19.0. The van der Waals surface area contributed by atoms with Crippen molar-refractivity contribution in [2.45, 2.75) is 6.42 Å². The summed E-state index contributed by atoms with van der Waals surface area (Å²) in [5.41, 5.74) is 8.97. The number of ether oxygens (including phenoxy) is 1. The molecule has 0 unspecified atom stereocenters. The molecule has 0 heterocycles. The Morgan fingerprint density at radius 1 is 1.24 bits per heavy atom. The molecule has 3 nitrogen and oxygen atoms in total. The van der Waals surface area contributed by atoms with Crippen molar-refractivity contribution in [2.75, 3.05) is 7.11 Å². The van der Waals surface area contributed by atoms with Crippen molar-refractivity contribution >= 4 is 13.5 Å². The van der Waals surface area contributed by atoms with Gasteiger partial charge in [-0.15, -0.1) is 0 Å². The molecular formula is C7H9F6N2OP. The number of hydrogen-bond donors (Lipinski definition) is 0. The molecule has 0 aromatic rings. The summed E-state index contributed by atoms with van der Waals surface area (Å²) in [7, 11) is -9.05. The van der Waals surface area contributed by atoms with E-state index in [9.17, 15) is 25.2 Å². The first kappa shape index (κ1) is 15.7. The molecule has 0 spiro atoms. The van der Waals surface area contributed by atoms with Crippen LogP contribution in [0.2, 0.25) is 0 Å². The molecule has 10 heteroatoms. The van der Waals surface area contributed by atoms with Gasteiger partial charge < -0.3 is 10.3 Å². The van der Waals surface area contributed by atoms with Gasteiger partial charge in [0.1, 0.15) is 5.76 Å². The zero-order chi connectivity index (χ0) is 13.8. The average Bonchev–Trinajstić information content (AvgIpc) is 2.13. The zero-order valence-corrected chi connectivity index (χ0v) is 9.35. The standard InChI is InChI=1S/C7H8N2O.F6P/c1-10-7-4-2-6(9-8)3-5-7;1-7(2,3,4,5)6/h2,4-5H,3H2,1H3;/q;-1/p+1. The van der Waals surface area contributed by atoms with Gasteiger partial charge in [-0.25, -0.2) is 0 Å². The summed E-state index contributed by atoms with van der Waals surface area (Å²) in [5, 5.41) is 0. The van der Waals surface area contributed by atoms with Crippen LogP contribution in [0.25, 0.3) is 5.53 Å². The smallest absolute Gasteiger partial charge is 1.00 e. The SMILES string of the molecule is COC1=CCC(=[N+]=[N-])C=C1.F[P-](F)(F)(F)(F)F.[H+]. The van der Waals surface area contributed by atoms with E-state index in [4.69, 9.17) is 10.3 Å². The quantitative estimate of drug-likeness (QED) is 0.299. The Balaban J connectivity index is 0. The molecule has 0 aromatic carbocycles. The third-order valence-electron chi connectivity index (χ3n) is 1.32. The number of halogens is 6. The monoisotopic (exact) mass is 282 g/mol. The van der Waals surface area contributed by atoms with E-state index in [1.54, 1.807) is 19.3 Å². The molecule has 17 heavy (non-hydrogen) atoms. The molecule has 1 rings (SSSR count). The Bertz CT molecular complexity index is 394. The molecule has 0 amide bonds. The minimum Gasteiger partial charge on any atom is 1.00 e. The molecule has 0 saturated carbocycles. The van der Waals surface area contributed by atoms with Crippen LogP contribution >= 0.6 is 7.81 Å². The van der Waals surface area contributed by atoms with Gasteiger partial charge in [-0.1, -0.05) is 0 Å². The third kappa shape index (κ3) is 14.7. The summed E-state index contributed by atoms with van der Waals surface area (Å²) in [6.45, 7) is 0. The van der Waals surface area contributed by atoms with Crippen molar-refractivity contribution in [1.29, 1.82) is 0 Å². The van der Waals surface area contributed by atoms with Gasteiger partial charge in [-0.3, -0.25) is 0 Å². The summed E-state index contributed by atoms with van der Waals surface area (Å²) in [4.78, 5) is 3.05. The molecule has 0 aliphatic heterocycles. The van der Waals surface area contributed by atoms with Gasteiger partial charge in [0.2, 0.25) is 0 Å². The first-order valence-corrected chi connectivity index (χ1v) is 6.04. The largest absolute Gasteiger partial charge is 1.00 e. The van der Waals surface area contributed by atoms with Gasteiger partial charge in [-0.2, -0.15) is 4.79 Å². The average molecular weight is 282 g/mol. The molecule has 0 radical (unpaired) electrons. The van der Waals surface area contributed by atoms with Crippen LogP contribution in [0.4, 0.5) is 25.2 Å². The molecule has 0 aromatic heterocycles. The maximum absolute atomic E-state index is 10.7. The maximum Gasteiger partial charge on any atom is 1.00 e. The molecule has 1 aliphatic carbocycles. The molecule has 100 valence electrons. The van der Waals surface area contributed by atoms with Crippen LogP contribution in [-0.4, -0.2) is 17.6 Å². The van der Waals surface area contributed by atoms with Crippen LogP contribution in [0.5, 0.6) is 0 Å². The van der Waals surface area contributed by atoms with Crippen molar-refractivity contribution in [3.8, 4) is 0 Å². The Kier molecular flexibility index (Phi) is 3.83. The van der Waals surface area contributed by atoms with Crippen molar-refractivity contribution < 1.29 is 36.1 Å². The van der Waals surface area contributed by atoms with Gasteiger partial charge >= 0.3 is 34.4 Å². The Labute approximate surface area is 93.7 Å². The number of allylic oxidation sites excluding steroid dienone is 3. The van der Waals surface area contributed by atoms with Crippen LogP contribution in [0.15, 0.2) is 24.0 Å². The van der Waals surface area contributed by atoms with Gasteiger partial charge in [0.15, 0.2) is 0 Å². The molecule has 1 aliphatic rings. The summed E-state index contributed by atoms with van der Waals surface area (Å²) in [6.07, 6.45) is 5.97. The van der Waals surface area contributed by atoms with Crippen LogP contribution in [0.3, 0.4) is 0 Å². The Morgan fingerprint density at radius 3 is 1.94 bits per heavy atom. The zero-order valence-electron chi connectivity index (χ0n) is 9.46. The van der Waals surface area contributed by atoms with Crippen LogP contribution < -0.4 is 0 Å². The van der Waals surface area contributed by atoms with E-state index >= 15 is 0 Å². The Hall–Kier alpha value is -1.33. The molecule has 0 bridgehead atoms. The molecule has 0 saturated heterocycles. The van der Waals surface area contributed by atoms with Gasteiger partial charge in [0, 0.05) is 6.08 Å². The molecule has 0 fully saturated rings. The van der Waals surface area contributed by atoms with Crippen molar-refractivity contribution in [3.05, 3.63) is 29.5 Å². The van der Waals surface area contributed by atoms with Gasteiger partial charge in [0.05, 0.1) is 13.5 Å². The van der Waals surface area contributed by atoms with E-state index in [-0.39, 0.29) is 1.43 Å². The van der Waals surface area contributed by atoms with Gasteiger partial charge in [-0.05, 0) is 12.2 Å². The van der Waals surface area contributed by atoms with Gasteiger partial charge in [0.25, 0.3) is 5.71 Å². The van der Waals surface area contributed by atoms with E-state index in [0.29, 0.717) is 12.1 Å². The fourth-order valence-electron chi connectivity index (χ4n) is 0.745. The summed E-state index contributed by atoms with van der Waals surface area (Å²) in [5.74, 6) is 0.812. The van der Waals surface area contributed by atoms with E-state index in [1.807, 2.05) is 6.08 Å². The third-order valence-corrected chi connectivity index (χ3v) is 1.32. The summed E-state index contributed by atoms with van der Waals surface area (Å²) in [6, 6.07) is 0. The molecular weight excluding hydrogens is 273 g/mol. The van der Waals surface area contributed by atoms with E-state index < -0.39 is 7.81 Å².